The lowest BCUT2D eigenvalue weighted by molar-refractivity contribution is 0.0697. The first-order valence-electron chi connectivity index (χ1n) is 4.11. The fourth-order valence-electron chi connectivity index (χ4n) is 1.29. The van der Waals surface area contributed by atoms with Crippen LogP contribution < -0.4 is 15.2 Å². The number of aromatic carboxylic acids is 1. The van der Waals surface area contributed by atoms with Crippen LogP contribution in [0.3, 0.4) is 0 Å². The third-order valence-corrected chi connectivity index (χ3v) is 1.94. The molecular formula is C9H9NO4. The van der Waals surface area contributed by atoms with E-state index in [0.717, 1.165) is 0 Å². The molecule has 1 aromatic rings. The Labute approximate surface area is 80.0 Å². The molecule has 0 radical (unpaired) electrons. The van der Waals surface area contributed by atoms with E-state index in [1.54, 1.807) is 0 Å². The average molecular weight is 195 g/mol. The Morgan fingerprint density at radius 3 is 2.43 bits per heavy atom. The topological polar surface area (TPSA) is 81.8 Å². The van der Waals surface area contributed by atoms with Gasteiger partial charge in [-0.2, -0.15) is 0 Å². The van der Waals surface area contributed by atoms with Gasteiger partial charge >= 0.3 is 5.97 Å². The molecule has 0 aliphatic carbocycles. The normalized spacial score (nSPS) is 13.7. The molecule has 1 aliphatic rings. The Bertz CT molecular complexity index is 389. The average Bonchev–Trinajstić information content (AvgIpc) is 2.16. The molecule has 1 aromatic carbocycles. The lowest BCUT2D eigenvalue weighted by Crippen LogP contribution is -2.16. The summed E-state index contributed by atoms with van der Waals surface area (Å²) in [6.07, 6.45) is 0. The van der Waals surface area contributed by atoms with Crippen LogP contribution in [0.4, 0.5) is 5.69 Å². The number of anilines is 1. The van der Waals surface area contributed by atoms with E-state index in [2.05, 4.69) is 0 Å². The van der Waals surface area contributed by atoms with Crippen LogP contribution in [0.5, 0.6) is 11.5 Å². The fraction of sp³-hybridized carbons (Fsp3) is 0.222. The predicted octanol–water partition coefficient (Wildman–Crippen LogP) is 0.738. The molecule has 0 unspecified atom stereocenters. The molecule has 2 rings (SSSR count). The summed E-state index contributed by atoms with van der Waals surface area (Å²) in [6.45, 7) is 0.884. The third-order valence-electron chi connectivity index (χ3n) is 1.94. The molecule has 0 aromatic heterocycles. The van der Waals surface area contributed by atoms with E-state index in [1.165, 1.54) is 12.1 Å². The molecule has 1 aliphatic heterocycles. The predicted molar refractivity (Wildman–Crippen MR) is 48.8 cm³/mol. The standard InChI is InChI=1S/C9H9NO4/c10-6-4-8-7(13-1-2-14-8)3-5(6)9(11)12/h3-4H,1-2,10H2,(H,11,12). The van der Waals surface area contributed by atoms with E-state index < -0.39 is 5.97 Å². The van der Waals surface area contributed by atoms with Gasteiger partial charge in [0.05, 0.1) is 11.3 Å². The molecule has 0 saturated heterocycles. The molecule has 0 amide bonds. The van der Waals surface area contributed by atoms with Crippen molar-refractivity contribution in [1.82, 2.24) is 0 Å². The maximum absolute atomic E-state index is 10.7. The largest absolute Gasteiger partial charge is 0.486 e. The first kappa shape index (κ1) is 8.68. The number of benzene rings is 1. The Morgan fingerprint density at radius 1 is 1.29 bits per heavy atom. The maximum atomic E-state index is 10.7. The number of fused-ring (bicyclic) bond motifs is 1. The summed E-state index contributed by atoms with van der Waals surface area (Å²) in [7, 11) is 0. The minimum absolute atomic E-state index is 0.0363. The number of nitrogens with two attached hydrogens (primary N) is 1. The van der Waals surface area contributed by atoms with Crippen LogP contribution in [0.25, 0.3) is 0 Å². The van der Waals surface area contributed by atoms with Gasteiger partial charge in [0.15, 0.2) is 11.5 Å². The van der Waals surface area contributed by atoms with Gasteiger partial charge in [-0.05, 0) is 0 Å². The zero-order valence-electron chi connectivity index (χ0n) is 7.32. The van der Waals surface area contributed by atoms with Gasteiger partial charge in [0, 0.05) is 12.1 Å². The summed E-state index contributed by atoms with van der Waals surface area (Å²) in [5.74, 6) is -0.138. The minimum Gasteiger partial charge on any atom is -0.486 e. The molecule has 0 fully saturated rings. The zero-order valence-corrected chi connectivity index (χ0v) is 7.32. The van der Waals surface area contributed by atoms with Crippen molar-refractivity contribution >= 4 is 11.7 Å². The molecule has 0 saturated carbocycles. The quantitative estimate of drug-likeness (QED) is 0.646. The van der Waals surface area contributed by atoms with E-state index in [9.17, 15) is 4.79 Å². The van der Waals surface area contributed by atoms with Gasteiger partial charge < -0.3 is 20.3 Å². The highest BCUT2D eigenvalue weighted by Gasteiger charge is 2.17. The summed E-state index contributed by atoms with van der Waals surface area (Å²) in [6, 6.07) is 2.85. The second kappa shape index (κ2) is 3.10. The van der Waals surface area contributed by atoms with Crippen molar-refractivity contribution in [3.05, 3.63) is 17.7 Å². The van der Waals surface area contributed by atoms with Crippen molar-refractivity contribution in [3.63, 3.8) is 0 Å². The van der Waals surface area contributed by atoms with Crippen LogP contribution in [0.1, 0.15) is 10.4 Å². The summed E-state index contributed by atoms with van der Waals surface area (Å²) < 4.78 is 10.5. The maximum Gasteiger partial charge on any atom is 0.337 e. The molecule has 14 heavy (non-hydrogen) atoms. The van der Waals surface area contributed by atoms with E-state index in [4.69, 9.17) is 20.3 Å². The number of carboxylic acids is 1. The highest BCUT2D eigenvalue weighted by atomic mass is 16.6. The lowest BCUT2D eigenvalue weighted by atomic mass is 10.1. The third kappa shape index (κ3) is 1.32. The summed E-state index contributed by atoms with van der Waals surface area (Å²) in [4.78, 5) is 10.7. The Balaban J connectivity index is 2.50. The van der Waals surface area contributed by atoms with Crippen molar-refractivity contribution in [2.45, 2.75) is 0 Å². The smallest absolute Gasteiger partial charge is 0.337 e. The number of hydrogen-bond donors (Lipinski definition) is 2. The molecule has 3 N–H and O–H groups in total. The highest BCUT2D eigenvalue weighted by molar-refractivity contribution is 5.94. The Morgan fingerprint density at radius 2 is 1.86 bits per heavy atom. The number of hydrogen-bond acceptors (Lipinski definition) is 4. The van der Waals surface area contributed by atoms with Gasteiger partial charge in [0.1, 0.15) is 13.2 Å². The molecule has 0 bridgehead atoms. The van der Waals surface area contributed by atoms with E-state index in [0.29, 0.717) is 24.7 Å². The van der Waals surface area contributed by atoms with Crippen LogP contribution in [-0.2, 0) is 0 Å². The monoisotopic (exact) mass is 195 g/mol. The minimum atomic E-state index is -1.07. The molecule has 5 nitrogen and oxygen atoms in total. The van der Waals surface area contributed by atoms with Gasteiger partial charge in [0.2, 0.25) is 0 Å². The van der Waals surface area contributed by atoms with Crippen molar-refractivity contribution in [2.75, 3.05) is 18.9 Å². The van der Waals surface area contributed by atoms with E-state index in [-0.39, 0.29) is 11.3 Å². The Kier molecular flexibility index (Phi) is 1.92. The Hall–Kier alpha value is -1.91. The number of rotatable bonds is 1. The van der Waals surface area contributed by atoms with Crippen molar-refractivity contribution in [3.8, 4) is 11.5 Å². The van der Waals surface area contributed by atoms with Gasteiger partial charge in [-0.25, -0.2) is 4.79 Å². The van der Waals surface area contributed by atoms with Crippen LogP contribution in [0, 0.1) is 0 Å². The highest BCUT2D eigenvalue weighted by Crippen LogP contribution is 2.34. The van der Waals surface area contributed by atoms with Crippen LogP contribution in [-0.4, -0.2) is 24.3 Å². The first-order chi connectivity index (χ1) is 6.68. The van der Waals surface area contributed by atoms with E-state index in [1.807, 2.05) is 0 Å². The van der Waals surface area contributed by atoms with Crippen LogP contribution >= 0.6 is 0 Å². The second-order valence-corrected chi connectivity index (χ2v) is 2.89. The summed E-state index contributed by atoms with van der Waals surface area (Å²) in [5.41, 5.74) is 5.75. The lowest BCUT2D eigenvalue weighted by Gasteiger charge is -2.19. The van der Waals surface area contributed by atoms with Gasteiger partial charge in [-0.1, -0.05) is 0 Å². The summed E-state index contributed by atoms with van der Waals surface area (Å²) >= 11 is 0. The number of carbonyl (C=O) groups is 1. The number of carboxylic acid groups (broad SMARTS) is 1. The summed E-state index contributed by atoms with van der Waals surface area (Å²) in [5, 5.41) is 8.79. The molecule has 74 valence electrons. The number of ether oxygens (including phenoxy) is 2. The molecule has 1 heterocycles. The van der Waals surface area contributed by atoms with E-state index >= 15 is 0 Å². The molecule has 5 heteroatoms. The van der Waals surface area contributed by atoms with Gasteiger partial charge in [0.25, 0.3) is 0 Å². The second-order valence-electron chi connectivity index (χ2n) is 2.89. The first-order valence-corrected chi connectivity index (χ1v) is 4.11. The van der Waals surface area contributed by atoms with Gasteiger partial charge in [-0.15, -0.1) is 0 Å². The van der Waals surface area contributed by atoms with Crippen molar-refractivity contribution in [2.24, 2.45) is 0 Å². The molecule has 0 spiro atoms. The zero-order chi connectivity index (χ0) is 10.1. The van der Waals surface area contributed by atoms with Crippen LogP contribution in [0.15, 0.2) is 12.1 Å². The number of nitrogen functional groups attached to an aromatic ring is 1. The van der Waals surface area contributed by atoms with Crippen molar-refractivity contribution < 1.29 is 19.4 Å². The molecular weight excluding hydrogens is 186 g/mol. The SMILES string of the molecule is Nc1cc2c(cc1C(=O)O)OCCO2. The fourth-order valence-corrected chi connectivity index (χ4v) is 1.29. The van der Waals surface area contributed by atoms with Crippen LogP contribution in [0.2, 0.25) is 0 Å². The molecule has 0 atom stereocenters. The van der Waals surface area contributed by atoms with Crippen molar-refractivity contribution in [1.29, 1.82) is 0 Å². The van der Waals surface area contributed by atoms with Gasteiger partial charge in [-0.3, -0.25) is 0 Å².